The summed E-state index contributed by atoms with van der Waals surface area (Å²) >= 11 is 0. The van der Waals surface area contributed by atoms with Gasteiger partial charge in [-0.3, -0.25) is 0 Å². The van der Waals surface area contributed by atoms with Gasteiger partial charge in [0.15, 0.2) is 5.79 Å². The Morgan fingerprint density at radius 1 is 1.13 bits per heavy atom. The molecule has 2 fully saturated rings. The van der Waals surface area contributed by atoms with Crippen molar-refractivity contribution in [3.63, 3.8) is 0 Å². The number of rotatable bonds is 7. The number of hydrogen-bond donors (Lipinski definition) is 0. The Kier molecular flexibility index (Phi) is 6.55. The van der Waals surface area contributed by atoms with Gasteiger partial charge in [-0.05, 0) is 49.6 Å². The van der Waals surface area contributed by atoms with Crippen LogP contribution in [0.3, 0.4) is 0 Å². The minimum atomic E-state index is -0.252. The first-order valence-corrected chi connectivity index (χ1v) is 9.87. The molecule has 3 nitrogen and oxygen atoms in total. The Morgan fingerprint density at radius 3 is 2.26 bits per heavy atom. The number of ether oxygens (including phenoxy) is 2. The predicted octanol–water partition coefficient (Wildman–Crippen LogP) is 4.70. The minimum absolute atomic E-state index is 0.252. The summed E-state index contributed by atoms with van der Waals surface area (Å²) in [5, 5.41) is 0. The molecule has 1 aliphatic carbocycles. The first-order valence-electron chi connectivity index (χ1n) is 9.87. The Morgan fingerprint density at radius 2 is 1.74 bits per heavy atom. The fourth-order valence-corrected chi connectivity index (χ4v) is 4.16. The van der Waals surface area contributed by atoms with Crippen LogP contribution in [-0.4, -0.2) is 43.0 Å². The van der Waals surface area contributed by atoms with Crippen LogP contribution in [-0.2, 0) is 9.47 Å². The van der Waals surface area contributed by atoms with Crippen LogP contribution < -0.4 is 0 Å². The average Bonchev–Trinajstić information content (AvgIpc) is 2.91. The second kappa shape index (κ2) is 7.84. The topological polar surface area (TPSA) is 21.7 Å². The highest BCUT2D eigenvalue weighted by Crippen LogP contribution is 2.48. The lowest BCUT2D eigenvalue weighted by Crippen LogP contribution is -2.41. The number of hydrogen-bond acceptors (Lipinski definition) is 3. The molecule has 23 heavy (non-hydrogen) atoms. The molecule has 0 amide bonds. The van der Waals surface area contributed by atoms with Crippen LogP contribution in [0.25, 0.3) is 0 Å². The lowest BCUT2D eigenvalue weighted by atomic mass is 9.64. The van der Waals surface area contributed by atoms with Crippen molar-refractivity contribution in [2.45, 2.75) is 85.5 Å². The largest absolute Gasteiger partial charge is 0.347 e. The van der Waals surface area contributed by atoms with Crippen LogP contribution in [0, 0.1) is 17.3 Å². The molecular weight excluding hydrogens is 286 g/mol. The smallest absolute Gasteiger partial charge is 0.168 e. The van der Waals surface area contributed by atoms with Gasteiger partial charge in [0, 0.05) is 19.4 Å². The van der Waals surface area contributed by atoms with Gasteiger partial charge in [0.25, 0.3) is 0 Å². The summed E-state index contributed by atoms with van der Waals surface area (Å²) in [5.41, 5.74) is 0.419. The van der Waals surface area contributed by atoms with Crippen LogP contribution in [0.2, 0.25) is 0 Å². The van der Waals surface area contributed by atoms with E-state index in [1.165, 1.54) is 12.8 Å². The predicted molar refractivity (Wildman–Crippen MR) is 96.5 cm³/mol. The van der Waals surface area contributed by atoms with Crippen molar-refractivity contribution in [2.75, 3.05) is 26.2 Å². The van der Waals surface area contributed by atoms with E-state index in [-0.39, 0.29) is 5.79 Å². The van der Waals surface area contributed by atoms with E-state index in [0.717, 1.165) is 57.3 Å². The molecule has 1 saturated heterocycles. The molecule has 136 valence electrons. The fraction of sp³-hybridized carbons (Fsp3) is 1.00. The van der Waals surface area contributed by atoms with Crippen LogP contribution in [0.5, 0.6) is 0 Å². The third-order valence-corrected chi connectivity index (χ3v) is 6.86. The van der Waals surface area contributed by atoms with E-state index in [4.69, 9.17) is 9.47 Å². The van der Waals surface area contributed by atoms with E-state index in [1.807, 2.05) is 0 Å². The minimum Gasteiger partial charge on any atom is -0.347 e. The Balaban J connectivity index is 1.81. The summed E-state index contributed by atoms with van der Waals surface area (Å²) < 4.78 is 12.6. The highest BCUT2D eigenvalue weighted by atomic mass is 16.7. The fourth-order valence-electron chi connectivity index (χ4n) is 4.16. The lowest BCUT2D eigenvalue weighted by Gasteiger charge is -2.44. The maximum Gasteiger partial charge on any atom is 0.168 e. The van der Waals surface area contributed by atoms with Gasteiger partial charge in [-0.1, -0.05) is 41.5 Å². The molecule has 0 aromatic heterocycles. The molecule has 1 heterocycles. The molecule has 0 bridgehead atoms. The van der Waals surface area contributed by atoms with Crippen molar-refractivity contribution in [3.05, 3.63) is 0 Å². The second-order valence-electron chi connectivity index (χ2n) is 8.53. The van der Waals surface area contributed by atoms with Crippen LogP contribution >= 0.6 is 0 Å². The van der Waals surface area contributed by atoms with Crippen LogP contribution in [0.15, 0.2) is 0 Å². The molecule has 1 unspecified atom stereocenters. The molecule has 1 atom stereocenters. The normalized spacial score (nSPS) is 32.3. The Labute approximate surface area is 144 Å². The molecule has 1 saturated carbocycles. The monoisotopic (exact) mass is 325 g/mol. The number of nitrogens with zero attached hydrogens (tertiary/aromatic N) is 1. The average molecular weight is 326 g/mol. The SMILES string of the molecule is CCN(CC)CCC1COC2(CCC(C(C)(C)C(C)C)CC2)O1. The molecule has 0 radical (unpaired) electrons. The first-order chi connectivity index (χ1) is 10.8. The third-order valence-electron chi connectivity index (χ3n) is 6.86. The molecular formula is C20H39NO2. The van der Waals surface area contributed by atoms with Crippen molar-refractivity contribution in [1.29, 1.82) is 0 Å². The van der Waals surface area contributed by atoms with E-state index in [2.05, 4.69) is 46.4 Å². The van der Waals surface area contributed by atoms with Gasteiger partial charge in [-0.15, -0.1) is 0 Å². The van der Waals surface area contributed by atoms with Crippen molar-refractivity contribution in [3.8, 4) is 0 Å². The van der Waals surface area contributed by atoms with Gasteiger partial charge in [0.1, 0.15) is 0 Å². The summed E-state index contributed by atoms with van der Waals surface area (Å²) in [6.45, 7) is 18.2. The molecule has 0 N–H and O–H groups in total. The molecule has 2 rings (SSSR count). The zero-order valence-electron chi connectivity index (χ0n) is 16.4. The molecule has 0 aromatic rings. The van der Waals surface area contributed by atoms with Crippen molar-refractivity contribution in [1.82, 2.24) is 4.90 Å². The second-order valence-corrected chi connectivity index (χ2v) is 8.53. The van der Waals surface area contributed by atoms with E-state index < -0.39 is 0 Å². The molecule has 1 spiro atoms. The Bertz CT molecular complexity index is 355. The van der Waals surface area contributed by atoms with Crippen LogP contribution in [0.4, 0.5) is 0 Å². The van der Waals surface area contributed by atoms with Crippen molar-refractivity contribution >= 4 is 0 Å². The highest BCUT2D eigenvalue weighted by molar-refractivity contribution is 4.91. The third kappa shape index (κ3) is 4.49. The first kappa shape index (κ1) is 19.2. The van der Waals surface area contributed by atoms with E-state index in [1.54, 1.807) is 0 Å². The summed E-state index contributed by atoms with van der Waals surface area (Å²) in [4.78, 5) is 2.47. The van der Waals surface area contributed by atoms with Gasteiger partial charge in [0.05, 0.1) is 12.7 Å². The lowest BCUT2D eigenvalue weighted by molar-refractivity contribution is -0.198. The van der Waals surface area contributed by atoms with Crippen molar-refractivity contribution < 1.29 is 9.47 Å². The molecule has 1 aliphatic heterocycles. The van der Waals surface area contributed by atoms with Gasteiger partial charge >= 0.3 is 0 Å². The standard InChI is InChI=1S/C20H39NO2/c1-7-21(8-2)14-11-18-15-22-20(23-18)12-9-17(10-13-20)19(5,6)16(3)4/h16-18H,7-15H2,1-6H3. The zero-order chi connectivity index (χ0) is 17.1. The summed E-state index contributed by atoms with van der Waals surface area (Å²) in [6, 6.07) is 0. The van der Waals surface area contributed by atoms with Gasteiger partial charge in [-0.2, -0.15) is 0 Å². The summed E-state index contributed by atoms with van der Waals surface area (Å²) in [6.07, 6.45) is 6.04. The molecule has 3 heteroatoms. The maximum atomic E-state index is 6.40. The van der Waals surface area contributed by atoms with Crippen LogP contribution in [0.1, 0.15) is 73.6 Å². The van der Waals surface area contributed by atoms with E-state index in [0.29, 0.717) is 11.5 Å². The zero-order valence-corrected chi connectivity index (χ0v) is 16.4. The highest BCUT2D eigenvalue weighted by Gasteiger charge is 2.46. The van der Waals surface area contributed by atoms with Gasteiger partial charge in [0.2, 0.25) is 0 Å². The molecule has 2 aliphatic rings. The van der Waals surface area contributed by atoms with Crippen molar-refractivity contribution in [2.24, 2.45) is 17.3 Å². The quantitative estimate of drug-likeness (QED) is 0.677. The Hall–Kier alpha value is -0.120. The van der Waals surface area contributed by atoms with Gasteiger partial charge in [-0.25, -0.2) is 0 Å². The summed E-state index contributed by atoms with van der Waals surface area (Å²) in [5.74, 6) is 1.28. The molecule has 0 aromatic carbocycles. The van der Waals surface area contributed by atoms with Gasteiger partial charge < -0.3 is 14.4 Å². The van der Waals surface area contributed by atoms with E-state index in [9.17, 15) is 0 Å². The maximum absolute atomic E-state index is 6.40. The summed E-state index contributed by atoms with van der Waals surface area (Å²) in [7, 11) is 0. The van der Waals surface area contributed by atoms with E-state index >= 15 is 0 Å².